The van der Waals surface area contributed by atoms with Crippen molar-refractivity contribution in [3.05, 3.63) is 16.6 Å². The zero-order valence-electron chi connectivity index (χ0n) is 8.16. The van der Waals surface area contributed by atoms with Crippen molar-refractivity contribution in [2.24, 2.45) is 0 Å². The predicted molar refractivity (Wildman–Crippen MR) is 62.0 cm³/mol. The van der Waals surface area contributed by atoms with Crippen molar-refractivity contribution in [2.45, 2.75) is 31.1 Å². The second kappa shape index (κ2) is 5.46. The van der Waals surface area contributed by atoms with Gasteiger partial charge in [-0.2, -0.15) is 0 Å². The molecule has 0 aliphatic rings. The van der Waals surface area contributed by atoms with Crippen LogP contribution >= 0.6 is 27.3 Å². The molecule has 0 aliphatic carbocycles. The summed E-state index contributed by atoms with van der Waals surface area (Å²) in [5, 5.41) is 2.92. The smallest absolute Gasteiger partial charge is 0.263 e. The van der Waals surface area contributed by atoms with Crippen molar-refractivity contribution < 1.29 is 4.79 Å². The Bertz CT molecular complexity index is 287. The van der Waals surface area contributed by atoms with Crippen molar-refractivity contribution in [1.29, 1.82) is 0 Å². The van der Waals surface area contributed by atoms with Crippen LogP contribution in [0.15, 0.2) is 11.7 Å². The average molecular weight is 277 g/mol. The highest BCUT2D eigenvalue weighted by molar-refractivity contribution is 9.09. The third kappa shape index (κ3) is 3.75. The first-order valence-electron chi connectivity index (χ1n) is 4.43. The fraction of sp³-hybridized carbons (Fsp3) is 0.556. The number of nitrogens with zero attached hydrogens (tertiary/aromatic N) is 1. The van der Waals surface area contributed by atoms with Gasteiger partial charge in [0.1, 0.15) is 4.88 Å². The molecule has 2 atom stereocenters. The van der Waals surface area contributed by atoms with Gasteiger partial charge in [0.2, 0.25) is 0 Å². The van der Waals surface area contributed by atoms with Gasteiger partial charge < -0.3 is 5.32 Å². The van der Waals surface area contributed by atoms with Crippen LogP contribution in [0.3, 0.4) is 0 Å². The molecule has 0 saturated heterocycles. The Hall–Kier alpha value is -0.420. The van der Waals surface area contributed by atoms with Crippen LogP contribution in [0.1, 0.15) is 29.9 Å². The SMILES string of the molecule is CC(Br)CC(C)NC(=O)c1cncs1. The van der Waals surface area contributed by atoms with E-state index in [4.69, 9.17) is 0 Å². The Morgan fingerprint density at radius 1 is 1.71 bits per heavy atom. The first-order chi connectivity index (χ1) is 6.59. The van der Waals surface area contributed by atoms with Gasteiger partial charge in [0.25, 0.3) is 5.91 Å². The summed E-state index contributed by atoms with van der Waals surface area (Å²) in [6, 6.07) is 0.180. The monoisotopic (exact) mass is 276 g/mol. The topological polar surface area (TPSA) is 42.0 Å². The van der Waals surface area contributed by atoms with E-state index in [-0.39, 0.29) is 11.9 Å². The Balaban J connectivity index is 2.41. The van der Waals surface area contributed by atoms with Crippen LogP contribution in [0.4, 0.5) is 0 Å². The summed E-state index contributed by atoms with van der Waals surface area (Å²) in [6.07, 6.45) is 2.51. The van der Waals surface area contributed by atoms with Crippen LogP contribution < -0.4 is 5.32 Å². The van der Waals surface area contributed by atoms with Gasteiger partial charge in [0, 0.05) is 10.9 Å². The number of nitrogens with one attached hydrogen (secondary N) is 1. The molecule has 1 amide bonds. The number of hydrogen-bond donors (Lipinski definition) is 1. The molecule has 0 saturated carbocycles. The summed E-state index contributed by atoms with van der Waals surface area (Å²) >= 11 is 4.81. The number of hydrogen-bond acceptors (Lipinski definition) is 3. The van der Waals surface area contributed by atoms with Crippen LogP contribution in [0.5, 0.6) is 0 Å². The van der Waals surface area contributed by atoms with Gasteiger partial charge >= 0.3 is 0 Å². The quantitative estimate of drug-likeness (QED) is 0.859. The number of amides is 1. The second-order valence-corrected chi connectivity index (χ2v) is 5.71. The number of carbonyl (C=O) groups is 1. The molecule has 1 rings (SSSR count). The van der Waals surface area contributed by atoms with Crippen LogP contribution in [0, 0.1) is 0 Å². The molecule has 0 aliphatic heterocycles. The molecule has 1 N–H and O–H groups in total. The normalized spacial score (nSPS) is 14.8. The highest BCUT2D eigenvalue weighted by Gasteiger charge is 2.12. The lowest BCUT2D eigenvalue weighted by atomic mass is 10.2. The zero-order valence-corrected chi connectivity index (χ0v) is 10.6. The molecule has 1 aromatic rings. The van der Waals surface area contributed by atoms with Crippen molar-refractivity contribution in [1.82, 2.24) is 10.3 Å². The van der Waals surface area contributed by atoms with E-state index in [1.807, 2.05) is 6.92 Å². The van der Waals surface area contributed by atoms with E-state index in [2.05, 4.69) is 33.2 Å². The lowest BCUT2D eigenvalue weighted by Crippen LogP contribution is -2.33. The minimum atomic E-state index is -0.0341. The summed E-state index contributed by atoms with van der Waals surface area (Å²) in [6.45, 7) is 4.06. The first kappa shape index (κ1) is 11.7. The van der Waals surface area contributed by atoms with E-state index < -0.39 is 0 Å². The van der Waals surface area contributed by atoms with E-state index in [0.717, 1.165) is 6.42 Å². The van der Waals surface area contributed by atoms with E-state index >= 15 is 0 Å². The molecule has 3 nitrogen and oxygen atoms in total. The molecule has 5 heteroatoms. The van der Waals surface area contributed by atoms with E-state index in [1.54, 1.807) is 11.7 Å². The van der Waals surface area contributed by atoms with Crippen molar-refractivity contribution in [3.8, 4) is 0 Å². The molecule has 1 heterocycles. The molecular weight excluding hydrogens is 264 g/mol. The molecule has 0 spiro atoms. The first-order valence-corrected chi connectivity index (χ1v) is 6.22. The largest absolute Gasteiger partial charge is 0.349 e. The minimum Gasteiger partial charge on any atom is -0.349 e. The summed E-state index contributed by atoms with van der Waals surface area (Å²) in [4.78, 5) is 16.5. The van der Waals surface area contributed by atoms with E-state index in [0.29, 0.717) is 9.70 Å². The van der Waals surface area contributed by atoms with Crippen LogP contribution in [-0.2, 0) is 0 Å². The number of alkyl halides is 1. The molecule has 14 heavy (non-hydrogen) atoms. The summed E-state index contributed by atoms with van der Waals surface area (Å²) in [5.41, 5.74) is 1.66. The van der Waals surface area contributed by atoms with Gasteiger partial charge in [-0.15, -0.1) is 11.3 Å². The summed E-state index contributed by atoms with van der Waals surface area (Å²) < 4.78 is 0. The Labute approximate surface area is 96.1 Å². The van der Waals surface area contributed by atoms with Crippen LogP contribution in [0.25, 0.3) is 0 Å². The maximum atomic E-state index is 11.5. The van der Waals surface area contributed by atoms with Crippen molar-refractivity contribution >= 4 is 33.2 Å². The van der Waals surface area contributed by atoms with Crippen molar-refractivity contribution in [2.75, 3.05) is 0 Å². The number of thiazole rings is 1. The molecule has 0 radical (unpaired) electrons. The molecule has 2 unspecified atom stereocenters. The average Bonchev–Trinajstić information content (AvgIpc) is 2.53. The van der Waals surface area contributed by atoms with Gasteiger partial charge in [-0.1, -0.05) is 22.9 Å². The lowest BCUT2D eigenvalue weighted by molar-refractivity contribution is 0.0942. The minimum absolute atomic E-state index is 0.0341. The van der Waals surface area contributed by atoms with Crippen molar-refractivity contribution in [3.63, 3.8) is 0 Å². The van der Waals surface area contributed by atoms with Gasteiger partial charge in [0.05, 0.1) is 11.7 Å². The zero-order chi connectivity index (χ0) is 10.6. The molecular formula is C9H13BrN2OS. The standard InChI is InChI=1S/C9H13BrN2OS/c1-6(10)3-7(2)12-9(13)8-4-11-5-14-8/h4-7H,3H2,1-2H3,(H,12,13). The molecule has 0 aromatic carbocycles. The van der Waals surface area contributed by atoms with Crippen LogP contribution in [-0.4, -0.2) is 21.8 Å². The fourth-order valence-corrected chi connectivity index (χ4v) is 2.25. The lowest BCUT2D eigenvalue weighted by Gasteiger charge is -2.14. The maximum Gasteiger partial charge on any atom is 0.263 e. The highest BCUT2D eigenvalue weighted by Crippen LogP contribution is 2.09. The Kier molecular flexibility index (Phi) is 4.54. The maximum absolute atomic E-state index is 11.5. The number of aromatic nitrogens is 1. The fourth-order valence-electron chi connectivity index (χ4n) is 1.17. The second-order valence-electron chi connectivity index (χ2n) is 3.26. The predicted octanol–water partition coefficient (Wildman–Crippen LogP) is 2.43. The third-order valence-electron chi connectivity index (χ3n) is 1.71. The molecule has 78 valence electrons. The van der Waals surface area contributed by atoms with E-state index in [9.17, 15) is 4.79 Å². The van der Waals surface area contributed by atoms with Gasteiger partial charge in [0.15, 0.2) is 0 Å². The Morgan fingerprint density at radius 3 is 2.93 bits per heavy atom. The number of halogens is 1. The summed E-state index contributed by atoms with van der Waals surface area (Å²) in [7, 11) is 0. The highest BCUT2D eigenvalue weighted by atomic mass is 79.9. The van der Waals surface area contributed by atoms with Gasteiger partial charge in [-0.25, -0.2) is 0 Å². The molecule has 0 bridgehead atoms. The third-order valence-corrected chi connectivity index (χ3v) is 2.86. The Morgan fingerprint density at radius 2 is 2.43 bits per heavy atom. The van der Waals surface area contributed by atoms with Gasteiger partial charge in [-0.05, 0) is 13.3 Å². The van der Waals surface area contributed by atoms with Gasteiger partial charge in [-0.3, -0.25) is 9.78 Å². The van der Waals surface area contributed by atoms with E-state index in [1.165, 1.54) is 11.3 Å². The molecule has 0 fully saturated rings. The number of carbonyl (C=O) groups excluding carboxylic acids is 1. The summed E-state index contributed by atoms with van der Waals surface area (Å²) in [5.74, 6) is -0.0341. The van der Waals surface area contributed by atoms with Crippen LogP contribution in [0.2, 0.25) is 0 Å². The number of rotatable bonds is 4. The molecule has 1 aromatic heterocycles.